The van der Waals surface area contributed by atoms with Crippen LogP contribution in [0.1, 0.15) is 45.4 Å². The molecule has 0 aromatic carbocycles. The Hall–Kier alpha value is -1.10. The Morgan fingerprint density at radius 2 is 1.67 bits per heavy atom. The number of rotatable bonds is 3. The van der Waals surface area contributed by atoms with Crippen LogP contribution in [0.2, 0.25) is 0 Å². The van der Waals surface area contributed by atoms with Crippen molar-refractivity contribution in [2.75, 3.05) is 19.6 Å². The van der Waals surface area contributed by atoms with Crippen LogP contribution in [0.25, 0.3) is 0 Å². The van der Waals surface area contributed by atoms with Gasteiger partial charge < -0.3 is 14.9 Å². The third-order valence-corrected chi connectivity index (χ3v) is 5.28. The van der Waals surface area contributed by atoms with Gasteiger partial charge in [0.05, 0.1) is 6.10 Å². The number of aliphatic hydroxyl groups excluding tert-OH is 1. The van der Waals surface area contributed by atoms with Crippen molar-refractivity contribution >= 4 is 11.8 Å². The predicted octanol–water partition coefficient (Wildman–Crippen LogP) is 1.01. The van der Waals surface area contributed by atoms with Crippen molar-refractivity contribution < 1.29 is 14.7 Å². The zero-order valence-electron chi connectivity index (χ0n) is 12.8. The predicted molar refractivity (Wildman–Crippen MR) is 78.4 cm³/mol. The third-order valence-electron chi connectivity index (χ3n) is 5.28. The molecular weight excluding hydrogens is 268 g/mol. The quantitative estimate of drug-likeness (QED) is 0.845. The minimum absolute atomic E-state index is 0.130. The number of hydrogen-bond donors (Lipinski definition) is 1. The first-order chi connectivity index (χ1) is 10.1. The molecule has 0 radical (unpaired) electrons. The Morgan fingerprint density at radius 1 is 1.00 bits per heavy atom. The van der Waals surface area contributed by atoms with Crippen molar-refractivity contribution in [3.05, 3.63) is 0 Å². The Labute approximate surface area is 126 Å². The van der Waals surface area contributed by atoms with E-state index in [1.54, 1.807) is 0 Å². The molecule has 5 nitrogen and oxygen atoms in total. The SMILES string of the molecule is CC(O)C1CCN(C(=O)C2CCCN2C(=O)C2CC2)CC1. The van der Waals surface area contributed by atoms with E-state index in [-0.39, 0.29) is 29.9 Å². The van der Waals surface area contributed by atoms with Gasteiger partial charge in [-0.1, -0.05) is 0 Å². The maximum absolute atomic E-state index is 12.7. The molecule has 2 heterocycles. The van der Waals surface area contributed by atoms with Gasteiger partial charge in [-0.3, -0.25) is 9.59 Å². The third kappa shape index (κ3) is 3.07. The smallest absolute Gasteiger partial charge is 0.245 e. The monoisotopic (exact) mass is 294 g/mol. The molecule has 0 bridgehead atoms. The van der Waals surface area contributed by atoms with Crippen LogP contribution in [0, 0.1) is 11.8 Å². The normalized spacial score (nSPS) is 28.8. The van der Waals surface area contributed by atoms with Gasteiger partial charge in [0.25, 0.3) is 0 Å². The molecule has 2 atom stereocenters. The summed E-state index contributed by atoms with van der Waals surface area (Å²) in [5.74, 6) is 0.830. The van der Waals surface area contributed by atoms with E-state index < -0.39 is 0 Å². The molecule has 118 valence electrons. The van der Waals surface area contributed by atoms with E-state index in [0.29, 0.717) is 5.92 Å². The van der Waals surface area contributed by atoms with Gasteiger partial charge >= 0.3 is 0 Å². The van der Waals surface area contributed by atoms with Gasteiger partial charge in [0.1, 0.15) is 6.04 Å². The molecule has 0 aromatic heterocycles. The maximum Gasteiger partial charge on any atom is 0.245 e. The highest BCUT2D eigenvalue weighted by atomic mass is 16.3. The minimum atomic E-state index is -0.290. The van der Waals surface area contributed by atoms with Crippen molar-refractivity contribution in [3.8, 4) is 0 Å². The fraction of sp³-hybridized carbons (Fsp3) is 0.875. The van der Waals surface area contributed by atoms with E-state index in [9.17, 15) is 14.7 Å². The van der Waals surface area contributed by atoms with E-state index in [2.05, 4.69) is 0 Å². The lowest BCUT2D eigenvalue weighted by Gasteiger charge is -2.36. The number of aliphatic hydroxyl groups is 1. The summed E-state index contributed by atoms with van der Waals surface area (Å²) in [6.07, 6.45) is 5.19. The van der Waals surface area contributed by atoms with Gasteiger partial charge in [-0.05, 0) is 51.4 Å². The lowest BCUT2D eigenvalue weighted by Crippen LogP contribution is -2.50. The van der Waals surface area contributed by atoms with Gasteiger partial charge in [0.15, 0.2) is 0 Å². The fourth-order valence-electron chi connectivity index (χ4n) is 3.67. The Balaban J connectivity index is 1.58. The minimum Gasteiger partial charge on any atom is -0.393 e. The number of amides is 2. The molecule has 3 rings (SSSR count). The highest BCUT2D eigenvalue weighted by Gasteiger charge is 2.42. The average Bonchev–Trinajstić information content (AvgIpc) is 3.23. The van der Waals surface area contributed by atoms with Crippen LogP contribution >= 0.6 is 0 Å². The van der Waals surface area contributed by atoms with Gasteiger partial charge in [-0.15, -0.1) is 0 Å². The van der Waals surface area contributed by atoms with Crippen molar-refractivity contribution in [2.45, 2.75) is 57.6 Å². The highest BCUT2D eigenvalue weighted by Crippen LogP contribution is 2.34. The van der Waals surface area contributed by atoms with Crippen LogP contribution in [0.3, 0.4) is 0 Å². The molecule has 3 aliphatic rings. The lowest BCUT2D eigenvalue weighted by atomic mass is 9.92. The van der Waals surface area contributed by atoms with E-state index in [1.165, 1.54) is 0 Å². The summed E-state index contributed by atoms with van der Waals surface area (Å²) in [6.45, 7) is 4.01. The number of piperidine rings is 1. The highest BCUT2D eigenvalue weighted by molar-refractivity contribution is 5.90. The second-order valence-electron chi connectivity index (χ2n) is 6.87. The molecule has 5 heteroatoms. The van der Waals surface area contributed by atoms with Crippen molar-refractivity contribution in [1.29, 1.82) is 0 Å². The largest absolute Gasteiger partial charge is 0.393 e. The molecule has 1 saturated carbocycles. The second kappa shape index (κ2) is 5.95. The van der Waals surface area contributed by atoms with Crippen LogP contribution in [0.4, 0.5) is 0 Å². The van der Waals surface area contributed by atoms with Gasteiger partial charge in [0.2, 0.25) is 11.8 Å². The first-order valence-electron chi connectivity index (χ1n) is 8.35. The summed E-state index contributed by atoms with van der Waals surface area (Å²) in [4.78, 5) is 28.7. The van der Waals surface area contributed by atoms with E-state index in [1.807, 2.05) is 16.7 Å². The summed E-state index contributed by atoms with van der Waals surface area (Å²) in [7, 11) is 0. The molecule has 2 saturated heterocycles. The van der Waals surface area contributed by atoms with Crippen molar-refractivity contribution in [2.24, 2.45) is 11.8 Å². The number of carbonyl (C=O) groups is 2. The molecule has 2 unspecified atom stereocenters. The Bertz CT molecular complexity index is 412. The number of likely N-dealkylation sites (tertiary alicyclic amines) is 2. The summed E-state index contributed by atoms with van der Waals surface area (Å²) in [5, 5.41) is 9.64. The topological polar surface area (TPSA) is 60.9 Å². The maximum atomic E-state index is 12.7. The van der Waals surface area contributed by atoms with E-state index in [0.717, 1.165) is 58.2 Å². The first-order valence-corrected chi connectivity index (χ1v) is 8.35. The van der Waals surface area contributed by atoms with Gasteiger partial charge in [-0.2, -0.15) is 0 Å². The average molecular weight is 294 g/mol. The zero-order chi connectivity index (χ0) is 15.0. The molecule has 1 N–H and O–H groups in total. The Morgan fingerprint density at radius 3 is 2.24 bits per heavy atom. The van der Waals surface area contributed by atoms with Gasteiger partial charge in [-0.25, -0.2) is 0 Å². The molecule has 21 heavy (non-hydrogen) atoms. The molecule has 2 amide bonds. The molecule has 3 fully saturated rings. The van der Waals surface area contributed by atoms with E-state index >= 15 is 0 Å². The van der Waals surface area contributed by atoms with Crippen LogP contribution in [0.5, 0.6) is 0 Å². The van der Waals surface area contributed by atoms with Crippen molar-refractivity contribution in [3.63, 3.8) is 0 Å². The second-order valence-corrected chi connectivity index (χ2v) is 6.87. The summed E-state index contributed by atoms with van der Waals surface area (Å²) in [6, 6.07) is -0.221. The van der Waals surface area contributed by atoms with Crippen LogP contribution in [-0.2, 0) is 9.59 Å². The molecule has 1 aliphatic carbocycles. The van der Waals surface area contributed by atoms with Crippen LogP contribution in [0.15, 0.2) is 0 Å². The summed E-state index contributed by atoms with van der Waals surface area (Å²) >= 11 is 0. The lowest BCUT2D eigenvalue weighted by molar-refractivity contribution is -0.145. The standard InChI is InChI=1S/C16H26N2O3/c1-11(19)12-6-9-17(10-7-12)16(21)14-3-2-8-18(14)15(20)13-4-5-13/h11-14,19H,2-10H2,1H3. The van der Waals surface area contributed by atoms with Gasteiger partial charge in [0, 0.05) is 25.6 Å². The number of carbonyl (C=O) groups excluding carboxylic acids is 2. The number of hydrogen-bond acceptors (Lipinski definition) is 3. The summed E-state index contributed by atoms with van der Waals surface area (Å²) < 4.78 is 0. The summed E-state index contributed by atoms with van der Waals surface area (Å²) in [5.41, 5.74) is 0. The molecule has 0 aromatic rings. The van der Waals surface area contributed by atoms with Crippen LogP contribution in [-0.4, -0.2) is 58.5 Å². The first kappa shape index (κ1) is 14.8. The number of nitrogens with zero attached hydrogens (tertiary/aromatic N) is 2. The molecule has 2 aliphatic heterocycles. The Kier molecular flexibility index (Phi) is 4.20. The zero-order valence-corrected chi connectivity index (χ0v) is 12.8. The fourth-order valence-corrected chi connectivity index (χ4v) is 3.67. The molecule has 0 spiro atoms. The van der Waals surface area contributed by atoms with Crippen molar-refractivity contribution in [1.82, 2.24) is 9.80 Å². The van der Waals surface area contributed by atoms with E-state index in [4.69, 9.17) is 0 Å². The molecular formula is C16H26N2O3. The van der Waals surface area contributed by atoms with Crippen LogP contribution < -0.4 is 0 Å².